The van der Waals surface area contributed by atoms with E-state index in [4.69, 9.17) is 4.74 Å². The minimum absolute atomic E-state index is 0.259. The van der Waals surface area contributed by atoms with Crippen LogP contribution in [0, 0.1) is 5.92 Å². The van der Waals surface area contributed by atoms with Crippen molar-refractivity contribution in [3.8, 4) is 0 Å². The third-order valence-corrected chi connectivity index (χ3v) is 3.79. The average molecular weight is 255 g/mol. The first-order chi connectivity index (χ1) is 8.47. The molecule has 1 rings (SSSR count). The predicted octanol–water partition coefficient (Wildman–Crippen LogP) is 4.14. The zero-order chi connectivity index (χ0) is 13.4. The Balaban J connectivity index is 1.87. The zero-order valence-electron chi connectivity index (χ0n) is 12.9. The number of hydrogen-bond donors (Lipinski definition) is 1. The minimum atomic E-state index is 0.259. The maximum absolute atomic E-state index is 5.96. The Hall–Kier alpha value is -0.0800. The molecule has 1 aliphatic rings. The van der Waals surface area contributed by atoms with Crippen LogP contribution in [0.5, 0.6) is 0 Å². The van der Waals surface area contributed by atoms with Crippen LogP contribution in [0.3, 0.4) is 0 Å². The van der Waals surface area contributed by atoms with Crippen molar-refractivity contribution < 1.29 is 4.74 Å². The van der Waals surface area contributed by atoms with Gasteiger partial charge >= 0.3 is 0 Å². The van der Waals surface area contributed by atoms with Gasteiger partial charge in [-0.05, 0) is 78.2 Å². The highest BCUT2D eigenvalue weighted by Crippen LogP contribution is 2.25. The molecule has 0 bridgehead atoms. The van der Waals surface area contributed by atoms with Crippen LogP contribution >= 0.6 is 0 Å². The van der Waals surface area contributed by atoms with Gasteiger partial charge in [0.1, 0.15) is 0 Å². The van der Waals surface area contributed by atoms with E-state index in [1.165, 1.54) is 44.9 Å². The van der Waals surface area contributed by atoms with Crippen LogP contribution in [0.25, 0.3) is 0 Å². The zero-order valence-corrected chi connectivity index (χ0v) is 12.9. The van der Waals surface area contributed by atoms with Crippen molar-refractivity contribution in [3.63, 3.8) is 0 Å². The third kappa shape index (κ3) is 8.10. The van der Waals surface area contributed by atoms with Crippen LogP contribution < -0.4 is 5.32 Å². The molecule has 0 aromatic carbocycles. The van der Waals surface area contributed by atoms with Gasteiger partial charge in [0.05, 0.1) is 6.10 Å². The summed E-state index contributed by atoms with van der Waals surface area (Å²) in [7, 11) is 0. The van der Waals surface area contributed by atoms with E-state index in [1.54, 1.807) is 0 Å². The van der Waals surface area contributed by atoms with Crippen molar-refractivity contribution in [2.24, 2.45) is 5.92 Å². The third-order valence-electron chi connectivity index (χ3n) is 3.79. The Kier molecular flexibility index (Phi) is 7.25. The van der Waals surface area contributed by atoms with Gasteiger partial charge in [-0.25, -0.2) is 0 Å². The fraction of sp³-hybridized carbons (Fsp3) is 1.00. The van der Waals surface area contributed by atoms with E-state index in [1.807, 2.05) is 0 Å². The minimum Gasteiger partial charge on any atom is -0.378 e. The number of ether oxygens (including phenoxy) is 1. The number of hydrogen-bond acceptors (Lipinski definition) is 2. The Bertz CT molecular complexity index is 202. The first kappa shape index (κ1) is 16.0. The molecule has 1 aliphatic carbocycles. The lowest BCUT2D eigenvalue weighted by molar-refractivity contribution is 0.0179. The molecule has 1 N–H and O–H groups in total. The van der Waals surface area contributed by atoms with Gasteiger partial charge in [0, 0.05) is 12.1 Å². The Morgan fingerprint density at radius 3 is 2.28 bits per heavy atom. The van der Waals surface area contributed by atoms with E-state index in [2.05, 4.69) is 33.0 Å². The van der Waals surface area contributed by atoms with E-state index in [0.717, 1.165) is 19.1 Å². The molecule has 0 aromatic heterocycles. The maximum Gasteiger partial charge on any atom is 0.0575 e. The van der Waals surface area contributed by atoms with Gasteiger partial charge in [0.15, 0.2) is 0 Å². The Morgan fingerprint density at radius 2 is 1.67 bits per heavy atom. The van der Waals surface area contributed by atoms with Gasteiger partial charge in [-0.2, -0.15) is 0 Å². The van der Waals surface area contributed by atoms with Crippen molar-refractivity contribution in [3.05, 3.63) is 0 Å². The summed E-state index contributed by atoms with van der Waals surface area (Å²) in [5, 5.41) is 3.53. The second-order valence-corrected chi connectivity index (χ2v) is 6.99. The normalized spacial score (nSPS) is 25.3. The monoisotopic (exact) mass is 255 g/mol. The van der Waals surface area contributed by atoms with Crippen LogP contribution in [0.2, 0.25) is 0 Å². The SMILES string of the molecule is CC1CCC(OCCCCCNC(C)(C)C)CC1. The van der Waals surface area contributed by atoms with Crippen molar-refractivity contribution in [2.75, 3.05) is 13.2 Å². The van der Waals surface area contributed by atoms with Crippen LogP contribution in [0.4, 0.5) is 0 Å². The largest absolute Gasteiger partial charge is 0.378 e. The van der Waals surface area contributed by atoms with Gasteiger partial charge in [-0.3, -0.25) is 0 Å². The van der Waals surface area contributed by atoms with E-state index in [0.29, 0.717) is 6.10 Å². The lowest BCUT2D eigenvalue weighted by Gasteiger charge is -2.26. The molecule has 18 heavy (non-hydrogen) atoms. The highest BCUT2D eigenvalue weighted by Gasteiger charge is 2.18. The summed E-state index contributed by atoms with van der Waals surface area (Å²) >= 11 is 0. The topological polar surface area (TPSA) is 21.3 Å². The molecule has 0 aliphatic heterocycles. The standard InChI is InChI=1S/C16H33NO/c1-14-8-10-15(11-9-14)18-13-7-5-6-12-17-16(2,3)4/h14-15,17H,5-13H2,1-4H3. The summed E-state index contributed by atoms with van der Waals surface area (Å²) in [6.45, 7) is 11.1. The smallest absolute Gasteiger partial charge is 0.0575 e. The van der Waals surface area contributed by atoms with Crippen LogP contribution in [-0.2, 0) is 4.74 Å². The molecule has 0 saturated heterocycles. The van der Waals surface area contributed by atoms with Crippen molar-refractivity contribution in [1.29, 1.82) is 0 Å². The second kappa shape index (κ2) is 8.16. The lowest BCUT2D eigenvalue weighted by Crippen LogP contribution is -2.36. The molecule has 2 nitrogen and oxygen atoms in total. The average Bonchev–Trinajstić information content (AvgIpc) is 2.29. The fourth-order valence-electron chi connectivity index (χ4n) is 2.51. The Morgan fingerprint density at radius 1 is 1.00 bits per heavy atom. The van der Waals surface area contributed by atoms with Crippen LogP contribution in [0.1, 0.15) is 72.6 Å². The molecule has 0 spiro atoms. The summed E-state index contributed by atoms with van der Waals surface area (Å²) < 4.78 is 5.96. The molecule has 0 amide bonds. The van der Waals surface area contributed by atoms with E-state index in [-0.39, 0.29) is 5.54 Å². The molecule has 0 heterocycles. The van der Waals surface area contributed by atoms with E-state index in [9.17, 15) is 0 Å². The molecule has 0 aromatic rings. The lowest BCUT2D eigenvalue weighted by atomic mass is 9.89. The van der Waals surface area contributed by atoms with Gasteiger partial charge in [0.25, 0.3) is 0 Å². The highest BCUT2D eigenvalue weighted by molar-refractivity contribution is 4.70. The molecule has 108 valence electrons. The molecule has 0 atom stereocenters. The quantitative estimate of drug-likeness (QED) is 0.690. The molecule has 0 radical (unpaired) electrons. The van der Waals surface area contributed by atoms with E-state index >= 15 is 0 Å². The maximum atomic E-state index is 5.96. The molecular formula is C16H33NO. The molecule has 2 heteroatoms. The molecule has 1 fully saturated rings. The van der Waals surface area contributed by atoms with Crippen molar-refractivity contribution in [1.82, 2.24) is 5.32 Å². The van der Waals surface area contributed by atoms with Crippen molar-refractivity contribution >= 4 is 0 Å². The van der Waals surface area contributed by atoms with Crippen LogP contribution in [0.15, 0.2) is 0 Å². The molecule has 0 unspecified atom stereocenters. The summed E-state index contributed by atoms with van der Waals surface area (Å²) in [4.78, 5) is 0. The van der Waals surface area contributed by atoms with Gasteiger partial charge in [-0.1, -0.05) is 6.92 Å². The van der Waals surface area contributed by atoms with E-state index < -0.39 is 0 Å². The number of rotatable bonds is 7. The van der Waals surface area contributed by atoms with Crippen molar-refractivity contribution in [2.45, 2.75) is 84.3 Å². The fourth-order valence-corrected chi connectivity index (χ4v) is 2.51. The van der Waals surface area contributed by atoms with Gasteiger partial charge in [0.2, 0.25) is 0 Å². The number of unbranched alkanes of at least 4 members (excludes halogenated alkanes) is 2. The van der Waals surface area contributed by atoms with Gasteiger partial charge < -0.3 is 10.1 Å². The summed E-state index contributed by atoms with van der Waals surface area (Å²) in [6.07, 6.45) is 9.63. The van der Waals surface area contributed by atoms with Crippen LogP contribution in [-0.4, -0.2) is 24.8 Å². The highest BCUT2D eigenvalue weighted by atomic mass is 16.5. The number of nitrogens with one attached hydrogen (secondary N) is 1. The first-order valence-corrected chi connectivity index (χ1v) is 7.84. The molecule has 1 saturated carbocycles. The summed E-state index contributed by atoms with van der Waals surface area (Å²) in [5.41, 5.74) is 0.259. The Labute approximate surface area is 114 Å². The van der Waals surface area contributed by atoms with Gasteiger partial charge in [-0.15, -0.1) is 0 Å². The molecular weight excluding hydrogens is 222 g/mol. The summed E-state index contributed by atoms with van der Waals surface area (Å²) in [5.74, 6) is 0.924. The predicted molar refractivity (Wildman–Crippen MR) is 79.0 cm³/mol. The first-order valence-electron chi connectivity index (χ1n) is 7.84. The second-order valence-electron chi connectivity index (χ2n) is 6.99. The summed E-state index contributed by atoms with van der Waals surface area (Å²) in [6, 6.07) is 0.